The molecule has 0 spiro atoms. The maximum absolute atomic E-state index is 13.3. The predicted octanol–water partition coefficient (Wildman–Crippen LogP) is 4.36. The minimum Gasteiger partial charge on any atom is -0.355 e. The maximum Gasteiger partial charge on any atom is 0.319 e. The molecular formula is C23H28FN3O2. The molecule has 3 N–H and O–H groups in total. The number of anilines is 1. The fraction of sp³-hybridized carbons (Fsp3) is 0.391. The number of hydrogen-bond donors (Lipinski definition) is 3. The lowest BCUT2D eigenvalue weighted by atomic mass is 9.69. The molecule has 2 aromatic rings. The van der Waals surface area contributed by atoms with Crippen molar-refractivity contribution in [3.8, 4) is 0 Å². The van der Waals surface area contributed by atoms with Crippen molar-refractivity contribution in [2.75, 3.05) is 18.4 Å². The quantitative estimate of drug-likeness (QED) is 0.650. The van der Waals surface area contributed by atoms with Crippen LogP contribution in [0.1, 0.15) is 44.1 Å². The first-order chi connectivity index (χ1) is 14.1. The van der Waals surface area contributed by atoms with Gasteiger partial charge < -0.3 is 16.0 Å². The summed E-state index contributed by atoms with van der Waals surface area (Å²) in [7, 11) is 0. The normalized spacial score (nSPS) is 15.3. The lowest BCUT2D eigenvalue weighted by Gasteiger charge is -2.38. The molecule has 3 rings (SSSR count). The number of carbonyl (C=O) groups excluding carboxylic acids is 2. The highest BCUT2D eigenvalue weighted by Crippen LogP contribution is 2.39. The van der Waals surface area contributed by atoms with E-state index in [9.17, 15) is 14.0 Å². The van der Waals surface area contributed by atoms with Crippen LogP contribution in [0, 0.1) is 5.82 Å². The minimum atomic E-state index is -0.334. The number of amides is 3. The van der Waals surface area contributed by atoms with Crippen LogP contribution in [0.2, 0.25) is 0 Å². The molecule has 1 aliphatic carbocycles. The molecule has 2 aromatic carbocycles. The Kier molecular flexibility index (Phi) is 7.22. The van der Waals surface area contributed by atoms with Crippen LogP contribution in [0.25, 0.3) is 0 Å². The summed E-state index contributed by atoms with van der Waals surface area (Å²) in [6.07, 6.45) is 5.58. The summed E-state index contributed by atoms with van der Waals surface area (Å²) in [4.78, 5) is 24.2. The van der Waals surface area contributed by atoms with Crippen LogP contribution in [-0.4, -0.2) is 25.0 Å². The summed E-state index contributed by atoms with van der Waals surface area (Å²) >= 11 is 0. The average molecular weight is 397 g/mol. The molecule has 0 aromatic heterocycles. The van der Waals surface area contributed by atoms with Gasteiger partial charge in [0.2, 0.25) is 5.91 Å². The van der Waals surface area contributed by atoms with E-state index in [1.165, 1.54) is 18.6 Å². The number of para-hydroxylation sites is 1. The largest absolute Gasteiger partial charge is 0.355 e. The Morgan fingerprint density at radius 1 is 0.897 bits per heavy atom. The number of hydrogen-bond acceptors (Lipinski definition) is 2. The van der Waals surface area contributed by atoms with Gasteiger partial charge in [-0.05, 0) is 42.7 Å². The molecular weight excluding hydrogens is 369 g/mol. The summed E-state index contributed by atoms with van der Waals surface area (Å²) in [5.41, 5.74) is 1.65. The van der Waals surface area contributed by atoms with E-state index in [0.717, 1.165) is 31.2 Å². The molecule has 1 fully saturated rings. The van der Waals surface area contributed by atoms with Crippen molar-refractivity contribution < 1.29 is 14.0 Å². The summed E-state index contributed by atoms with van der Waals surface area (Å²) < 4.78 is 13.3. The number of benzene rings is 2. The van der Waals surface area contributed by atoms with Crippen molar-refractivity contribution in [2.45, 2.75) is 43.9 Å². The topological polar surface area (TPSA) is 70.2 Å². The van der Waals surface area contributed by atoms with Gasteiger partial charge >= 0.3 is 6.03 Å². The maximum atomic E-state index is 13.3. The molecule has 5 nitrogen and oxygen atoms in total. The molecule has 0 bridgehead atoms. The second kappa shape index (κ2) is 10.0. The van der Waals surface area contributed by atoms with Gasteiger partial charge in [-0.1, -0.05) is 49.6 Å². The first-order valence-electron chi connectivity index (χ1n) is 10.2. The van der Waals surface area contributed by atoms with Gasteiger partial charge in [0.1, 0.15) is 5.82 Å². The van der Waals surface area contributed by atoms with Gasteiger partial charge in [0.05, 0.1) is 0 Å². The zero-order chi connectivity index (χ0) is 20.5. The summed E-state index contributed by atoms with van der Waals surface area (Å²) in [6.45, 7) is 0.793. The van der Waals surface area contributed by atoms with E-state index in [1.54, 1.807) is 12.1 Å². The number of nitrogens with one attached hydrogen (secondary N) is 3. The second-order valence-corrected chi connectivity index (χ2v) is 7.62. The predicted molar refractivity (Wildman–Crippen MR) is 112 cm³/mol. The second-order valence-electron chi connectivity index (χ2n) is 7.62. The minimum absolute atomic E-state index is 0.0999. The molecule has 1 aliphatic rings. The lowest BCUT2D eigenvalue weighted by molar-refractivity contribution is -0.121. The summed E-state index contributed by atoms with van der Waals surface area (Å²) in [5, 5.41) is 8.44. The van der Waals surface area contributed by atoms with E-state index in [4.69, 9.17) is 0 Å². The molecule has 154 valence electrons. The van der Waals surface area contributed by atoms with Crippen molar-refractivity contribution in [1.82, 2.24) is 10.6 Å². The molecule has 29 heavy (non-hydrogen) atoms. The molecule has 0 unspecified atom stereocenters. The number of carbonyl (C=O) groups is 2. The Morgan fingerprint density at radius 3 is 2.28 bits per heavy atom. The first kappa shape index (κ1) is 20.8. The molecule has 3 amide bonds. The third-order valence-electron chi connectivity index (χ3n) is 5.56. The highest BCUT2D eigenvalue weighted by molar-refractivity contribution is 5.89. The monoisotopic (exact) mass is 397 g/mol. The SMILES string of the molecule is O=C(CCNC(=O)Nc1ccccc1)NCC1(c2ccc(F)cc2)CCCCC1. The van der Waals surface area contributed by atoms with Gasteiger partial charge in [-0.25, -0.2) is 9.18 Å². The zero-order valence-electron chi connectivity index (χ0n) is 16.5. The van der Waals surface area contributed by atoms with E-state index < -0.39 is 0 Å². The van der Waals surface area contributed by atoms with Crippen molar-refractivity contribution in [1.29, 1.82) is 0 Å². The van der Waals surface area contributed by atoms with Gasteiger partial charge in [0.15, 0.2) is 0 Å². The van der Waals surface area contributed by atoms with Crippen molar-refractivity contribution in [3.05, 3.63) is 66.0 Å². The van der Waals surface area contributed by atoms with Crippen molar-refractivity contribution in [3.63, 3.8) is 0 Å². The van der Waals surface area contributed by atoms with E-state index in [1.807, 2.05) is 30.3 Å². The van der Waals surface area contributed by atoms with Gasteiger partial charge in [0, 0.05) is 30.6 Å². The van der Waals surface area contributed by atoms with Gasteiger partial charge in [0.25, 0.3) is 0 Å². The van der Waals surface area contributed by atoms with Crippen molar-refractivity contribution in [2.24, 2.45) is 0 Å². The third-order valence-corrected chi connectivity index (χ3v) is 5.56. The Balaban J connectivity index is 1.46. The van der Waals surface area contributed by atoms with Crippen LogP contribution < -0.4 is 16.0 Å². The Hall–Kier alpha value is -2.89. The van der Waals surface area contributed by atoms with E-state index >= 15 is 0 Å². The van der Waals surface area contributed by atoms with Crippen LogP contribution in [0.3, 0.4) is 0 Å². The van der Waals surface area contributed by atoms with Gasteiger partial charge in [-0.3, -0.25) is 4.79 Å². The van der Waals surface area contributed by atoms with E-state index in [-0.39, 0.29) is 36.1 Å². The Bertz CT molecular complexity index is 803. The first-order valence-corrected chi connectivity index (χ1v) is 10.2. The smallest absolute Gasteiger partial charge is 0.319 e. The molecule has 1 saturated carbocycles. The number of urea groups is 1. The van der Waals surface area contributed by atoms with Crippen LogP contribution >= 0.6 is 0 Å². The highest BCUT2D eigenvalue weighted by Gasteiger charge is 2.34. The van der Waals surface area contributed by atoms with Crippen molar-refractivity contribution >= 4 is 17.6 Å². The number of halogens is 1. The fourth-order valence-corrected chi connectivity index (χ4v) is 3.94. The number of rotatable bonds is 7. The van der Waals surface area contributed by atoms with Crippen LogP contribution in [0.4, 0.5) is 14.9 Å². The zero-order valence-corrected chi connectivity index (χ0v) is 16.5. The summed E-state index contributed by atoms with van der Waals surface area (Å²) in [5.74, 6) is -0.347. The Morgan fingerprint density at radius 2 is 1.59 bits per heavy atom. The third kappa shape index (κ3) is 6.04. The molecule has 0 atom stereocenters. The fourth-order valence-electron chi connectivity index (χ4n) is 3.94. The summed E-state index contributed by atoms with van der Waals surface area (Å²) in [6, 6.07) is 15.5. The molecule has 0 saturated heterocycles. The molecule has 6 heteroatoms. The Labute approximate surface area is 171 Å². The van der Waals surface area contributed by atoms with Gasteiger partial charge in [-0.15, -0.1) is 0 Å². The van der Waals surface area contributed by atoms with E-state index in [0.29, 0.717) is 12.2 Å². The standard InChI is InChI=1S/C23H28FN3O2/c24-19-11-9-18(10-12-19)23(14-5-2-6-15-23)17-26-21(28)13-16-25-22(29)27-20-7-3-1-4-8-20/h1,3-4,7-12H,2,5-6,13-17H2,(H,26,28)(H2,25,27,29). The average Bonchev–Trinajstić information content (AvgIpc) is 2.74. The van der Waals surface area contributed by atoms with Crippen LogP contribution in [0.15, 0.2) is 54.6 Å². The molecule has 0 radical (unpaired) electrons. The van der Waals surface area contributed by atoms with E-state index in [2.05, 4.69) is 16.0 Å². The van der Waals surface area contributed by atoms with Crippen LogP contribution in [0.5, 0.6) is 0 Å². The van der Waals surface area contributed by atoms with Crippen LogP contribution in [-0.2, 0) is 10.2 Å². The molecule has 0 aliphatic heterocycles. The lowest BCUT2D eigenvalue weighted by Crippen LogP contribution is -2.43. The highest BCUT2D eigenvalue weighted by atomic mass is 19.1. The molecule has 0 heterocycles. The van der Waals surface area contributed by atoms with Gasteiger partial charge in [-0.2, -0.15) is 0 Å².